The summed E-state index contributed by atoms with van der Waals surface area (Å²) in [7, 11) is 0. The predicted octanol–water partition coefficient (Wildman–Crippen LogP) is 3.86. The van der Waals surface area contributed by atoms with Gasteiger partial charge in [0.05, 0.1) is 0 Å². The van der Waals surface area contributed by atoms with Crippen molar-refractivity contribution < 1.29 is 0 Å². The Labute approximate surface area is 76.7 Å². The maximum absolute atomic E-state index is 2.52. The lowest BCUT2D eigenvalue weighted by Crippen LogP contribution is -2.25. The van der Waals surface area contributed by atoms with Crippen LogP contribution < -0.4 is 0 Å². The molecule has 0 heteroatoms. The summed E-state index contributed by atoms with van der Waals surface area (Å²) in [4.78, 5) is 0. The van der Waals surface area contributed by atoms with Crippen LogP contribution in [0, 0.1) is 23.2 Å². The van der Waals surface area contributed by atoms with Crippen molar-refractivity contribution in [3.8, 4) is 0 Å². The number of rotatable bonds is 1. The highest BCUT2D eigenvalue weighted by Crippen LogP contribution is 2.61. The van der Waals surface area contributed by atoms with Crippen LogP contribution in [0.5, 0.6) is 0 Å². The van der Waals surface area contributed by atoms with Crippen molar-refractivity contribution in [2.75, 3.05) is 0 Å². The van der Waals surface area contributed by atoms with Crippen LogP contribution in [-0.4, -0.2) is 0 Å². The Balaban J connectivity index is 2.02. The first-order valence-electron chi connectivity index (χ1n) is 5.64. The van der Waals surface area contributed by atoms with Crippen LogP contribution in [0.4, 0.5) is 0 Å². The second kappa shape index (κ2) is 2.75. The summed E-state index contributed by atoms with van der Waals surface area (Å²) in [6.07, 6.45) is 7.50. The summed E-state index contributed by atoms with van der Waals surface area (Å²) in [5.74, 6) is 3.08. The lowest BCUT2D eigenvalue weighted by atomic mass is 9.71. The van der Waals surface area contributed by atoms with Crippen molar-refractivity contribution in [2.24, 2.45) is 23.2 Å². The molecule has 0 bridgehead atoms. The van der Waals surface area contributed by atoms with E-state index in [9.17, 15) is 0 Å². The summed E-state index contributed by atoms with van der Waals surface area (Å²) < 4.78 is 0. The van der Waals surface area contributed by atoms with Crippen LogP contribution in [0.1, 0.15) is 52.9 Å². The average molecular weight is 166 g/mol. The molecule has 4 atom stereocenters. The molecule has 0 heterocycles. The Kier molecular flexibility index (Phi) is 1.97. The minimum Gasteiger partial charge on any atom is -0.0622 e. The maximum Gasteiger partial charge on any atom is -0.0266 e. The van der Waals surface area contributed by atoms with E-state index in [1.54, 1.807) is 0 Å². The summed E-state index contributed by atoms with van der Waals surface area (Å²) in [5, 5.41) is 0. The Morgan fingerprint density at radius 2 is 1.67 bits per heavy atom. The van der Waals surface area contributed by atoms with E-state index in [4.69, 9.17) is 0 Å². The lowest BCUT2D eigenvalue weighted by molar-refractivity contribution is 0.158. The van der Waals surface area contributed by atoms with Gasteiger partial charge in [0, 0.05) is 0 Å². The second-order valence-corrected chi connectivity index (χ2v) is 5.48. The molecule has 0 aromatic carbocycles. The smallest absolute Gasteiger partial charge is 0.0266 e. The van der Waals surface area contributed by atoms with Gasteiger partial charge in [-0.2, -0.15) is 0 Å². The third kappa shape index (κ3) is 1.20. The van der Waals surface area contributed by atoms with Gasteiger partial charge in [0.1, 0.15) is 0 Å². The van der Waals surface area contributed by atoms with E-state index in [-0.39, 0.29) is 0 Å². The Bertz CT molecular complexity index is 173. The van der Waals surface area contributed by atoms with E-state index in [2.05, 4.69) is 20.8 Å². The number of hydrogen-bond acceptors (Lipinski definition) is 0. The molecule has 12 heavy (non-hydrogen) atoms. The second-order valence-electron chi connectivity index (χ2n) is 5.48. The zero-order chi connectivity index (χ0) is 8.77. The quantitative estimate of drug-likeness (QED) is 0.555. The first-order valence-corrected chi connectivity index (χ1v) is 5.64. The van der Waals surface area contributed by atoms with Gasteiger partial charge in [0.2, 0.25) is 0 Å². The first-order chi connectivity index (χ1) is 5.64. The van der Waals surface area contributed by atoms with Gasteiger partial charge in [-0.3, -0.25) is 0 Å². The van der Waals surface area contributed by atoms with E-state index < -0.39 is 0 Å². The SMILES string of the molecule is CC1CCCCC1C1(C)CC1C. The van der Waals surface area contributed by atoms with Crippen molar-refractivity contribution in [1.29, 1.82) is 0 Å². The normalized spacial score (nSPS) is 53.8. The molecule has 0 radical (unpaired) electrons. The predicted molar refractivity (Wildman–Crippen MR) is 53.0 cm³/mol. The molecule has 4 unspecified atom stereocenters. The van der Waals surface area contributed by atoms with Gasteiger partial charge in [-0.1, -0.05) is 40.0 Å². The topological polar surface area (TPSA) is 0 Å². The third-order valence-electron chi connectivity index (χ3n) is 4.67. The third-order valence-corrected chi connectivity index (χ3v) is 4.67. The monoisotopic (exact) mass is 166 g/mol. The molecule has 2 aliphatic rings. The fraction of sp³-hybridized carbons (Fsp3) is 1.00. The van der Waals surface area contributed by atoms with Crippen LogP contribution in [0.2, 0.25) is 0 Å². The Hall–Kier alpha value is 0. The molecule has 0 spiro atoms. The molecule has 2 rings (SSSR count). The molecule has 70 valence electrons. The van der Waals surface area contributed by atoms with Gasteiger partial charge < -0.3 is 0 Å². The molecular formula is C12H22. The van der Waals surface area contributed by atoms with Crippen LogP contribution >= 0.6 is 0 Å². The van der Waals surface area contributed by atoms with Crippen molar-refractivity contribution in [3.05, 3.63) is 0 Å². The van der Waals surface area contributed by atoms with Crippen molar-refractivity contribution >= 4 is 0 Å². The van der Waals surface area contributed by atoms with E-state index >= 15 is 0 Å². The molecule has 2 aliphatic carbocycles. The van der Waals surface area contributed by atoms with Gasteiger partial charge in [-0.25, -0.2) is 0 Å². The van der Waals surface area contributed by atoms with E-state index in [1.165, 1.54) is 32.1 Å². The maximum atomic E-state index is 2.52. The molecule has 2 fully saturated rings. The Morgan fingerprint density at radius 1 is 1.08 bits per heavy atom. The molecule has 0 aromatic heterocycles. The van der Waals surface area contributed by atoms with Gasteiger partial charge in [0.15, 0.2) is 0 Å². The summed E-state index contributed by atoms with van der Waals surface area (Å²) in [6, 6.07) is 0. The van der Waals surface area contributed by atoms with Crippen molar-refractivity contribution in [3.63, 3.8) is 0 Å². The minimum absolute atomic E-state index is 0.750. The van der Waals surface area contributed by atoms with Gasteiger partial charge >= 0.3 is 0 Å². The summed E-state index contributed by atoms with van der Waals surface area (Å²) in [6.45, 7) is 7.42. The molecule has 0 saturated heterocycles. The molecule has 0 aliphatic heterocycles. The minimum atomic E-state index is 0.750. The molecule has 2 saturated carbocycles. The van der Waals surface area contributed by atoms with Crippen molar-refractivity contribution in [2.45, 2.75) is 52.9 Å². The zero-order valence-electron chi connectivity index (χ0n) is 8.77. The average Bonchev–Trinajstić information content (AvgIpc) is 2.61. The molecular weight excluding hydrogens is 144 g/mol. The van der Waals surface area contributed by atoms with Gasteiger partial charge in [-0.05, 0) is 36.0 Å². The number of hydrogen-bond donors (Lipinski definition) is 0. The van der Waals surface area contributed by atoms with E-state index in [1.807, 2.05) is 0 Å². The van der Waals surface area contributed by atoms with Crippen LogP contribution in [0.25, 0.3) is 0 Å². The van der Waals surface area contributed by atoms with Gasteiger partial charge in [-0.15, -0.1) is 0 Å². The summed E-state index contributed by atoms with van der Waals surface area (Å²) in [5.41, 5.74) is 0.750. The molecule has 0 amide bonds. The molecule has 0 nitrogen and oxygen atoms in total. The van der Waals surface area contributed by atoms with Crippen LogP contribution in [0.15, 0.2) is 0 Å². The van der Waals surface area contributed by atoms with Crippen LogP contribution in [0.3, 0.4) is 0 Å². The largest absolute Gasteiger partial charge is 0.0622 e. The lowest BCUT2D eigenvalue weighted by Gasteiger charge is -2.34. The molecule has 0 N–H and O–H groups in total. The zero-order valence-corrected chi connectivity index (χ0v) is 8.77. The van der Waals surface area contributed by atoms with E-state index in [0.29, 0.717) is 0 Å². The highest BCUT2D eigenvalue weighted by molar-refractivity contribution is 5.02. The van der Waals surface area contributed by atoms with Crippen LogP contribution in [-0.2, 0) is 0 Å². The van der Waals surface area contributed by atoms with Gasteiger partial charge in [0.25, 0.3) is 0 Å². The first kappa shape index (κ1) is 8.59. The fourth-order valence-corrected chi connectivity index (χ4v) is 3.41. The molecule has 0 aromatic rings. The van der Waals surface area contributed by atoms with E-state index in [0.717, 1.165) is 23.2 Å². The fourth-order valence-electron chi connectivity index (χ4n) is 3.41. The highest BCUT2D eigenvalue weighted by atomic mass is 14.6. The van der Waals surface area contributed by atoms with Crippen molar-refractivity contribution in [1.82, 2.24) is 0 Å². The Morgan fingerprint density at radius 3 is 2.17 bits per heavy atom. The standard InChI is InChI=1S/C12H22/c1-9-6-4-5-7-11(9)12(3)8-10(12)2/h9-11H,4-8H2,1-3H3. The summed E-state index contributed by atoms with van der Waals surface area (Å²) >= 11 is 0. The highest BCUT2D eigenvalue weighted by Gasteiger charge is 2.53.